The Kier molecular flexibility index (Phi) is 4.33. The molecule has 1 fully saturated rings. The molecule has 1 aromatic rings. The molecular weight excluding hydrogens is 280 g/mol. The molecule has 0 radical (unpaired) electrons. The molecule has 1 saturated heterocycles. The summed E-state index contributed by atoms with van der Waals surface area (Å²) in [6.45, 7) is 2.38. The van der Waals surface area contributed by atoms with Gasteiger partial charge in [0.15, 0.2) is 0 Å². The molecule has 20 heavy (non-hydrogen) atoms. The van der Waals surface area contributed by atoms with Crippen LogP contribution < -0.4 is 10.5 Å². The fourth-order valence-electron chi connectivity index (χ4n) is 2.21. The van der Waals surface area contributed by atoms with E-state index in [-0.39, 0.29) is 11.5 Å². The number of rotatable bonds is 4. The van der Waals surface area contributed by atoms with Gasteiger partial charge in [0.05, 0.1) is 17.0 Å². The molecule has 0 aromatic heterocycles. The van der Waals surface area contributed by atoms with Crippen LogP contribution in [0.4, 0.5) is 5.69 Å². The Bertz CT molecular complexity index is 580. The number of hydrogen-bond donors (Lipinski definition) is 3. The number of benzene rings is 1. The van der Waals surface area contributed by atoms with Crippen molar-refractivity contribution in [3.8, 4) is 0 Å². The van der Waals surface area contributed by atoms with E-state index >= 15 is 0 Å². The van der Waals surface area contributed by atoms with Crippen molar-refractivity contribution in [2.75, 3.05) is 25.6 Å². The van der Waals surface area contributed by atoms with Crippen LogP contribution in [0, 0.1) is 6.92 Å². The van der Waals surface area contributed by atoms with Gasteiger partial charge < -0.3 is 15.6 Å². The molecule has 0 unspecified atom stereocenters. The van der Waals surface area contributed by atoms with Crippen LogP contribution in [0.1, 0.15) is 18.4 Å². The van der Waals surface area contributed by atoms with Crippen LogP contribution in [0.3, 0.4) is 0 Å². The Morgan fingerprint density at radius 2 is 2.05 bits per heavy atom. The standard InChI is InChI=1S/C13H20N2O4S/c1-10-8-11(2-3-12(10)14)20(17,18)15-13(9-16)4-6-19-7-5-13/h2-3,8,15-16H,4-7,9,14H2,1H3. The summed E-state index contributed by atoms with van der Waals surface area (Å²) < 4.78 is 32.7. The highest BCUT2D eigenvalue weighted by Gasteiger charge is 2.36. The molecule has 1 aromatic carbocycles. The summed E-state index contributed by atoms with van der Waals surface area (Å²) in [7, 11) is -3.69. The van der Waals surface area contributed by atoms with E-state index in [0.717, 1.165) is 0 Å². The van der Waals surface area contributed by atoms with Gasteiger partial charge in [0.2, 0.25) is 10.0 Å². The Morgan fingerprint density at radius 1 is 1.40 bits per heavy atom. The first-order valence-corrected chi connectivity index (χ1v) is 7.96. The average molecular weight is 300 g/mol. The second kappa shape index (κ2) is 5.69. The van der Waals surface area contributed by atoms with Crippen LogP contribution >= 0.6 is 0 Å². The fourth-order valence-corrected chi connectivity index (χ4v) is 3.75. The third-order valence-corrected chi connectivity index (χ3v) is 5.23. The molecule has 7 heteroatoms. The van der Waals surface area contributed by atoms with Crippen LogP contribution in [0.5, 0.6) is 0 Å². The first kappa shape index (κ1) is 15.2. The van der Waals surface area contributed by atoms with E-state index in [1.165, 1.54) is 12.1 Å². The van der Waals surface area contributed by atoms with Gasteiger partial charge in [-0.2, -0.15) is 0 Å². The maximum atomic E-state index is 12.4. The molecule has 112 valence electrons. The Labute approximate surface area is 119 Å². The zero-order chi connectivity index (χ0) is 14.8. The molecule has 1 aliphatic rings. The van der Waals surface area contributed by atoms with Crippen molar-refractivity contribution in [1.82, 2.24) is 4.72 Å². The molecule has 6 nitrogen and oxygen atoms in total. The van der Waals surface area contributed by atoms with E-state index < -0.39 is 15.6 Å². The Hall–Kier alpha value is -1.15. The summed E-state index contributed by atoms with van der Waals surface area (Å²) >= 11 is 0. The molecule has 2 rings (SSSR count). The third-order valence-electron chi connectivity index (χ3n) is 3.66. The number of anilines is 1. The lowest BCUT2D eigenvalue weighted by Crippen LogP contribution is -2.54. The normalized spacial score (nSPS) is 18.9. The van der Waals surface area contributed by atoms with Crippen LogP contribution in [-0.2, 0) is 14.8 Å². The van der Waals surface area contributed by atoms with Gasteiger partial charge in [-0.1, -0.05) is 0 Å². The fraction of sp³-hybridized carbons (Fsp3) is 0.538. The second-order valence-corrected chi connectivity index (χ2v) is 6.86. The number of nitrogens with one attached hydrogen (secondary N) is 1. The highest BCUT2D eigenvalue weighted by Crippen LogP contribution is 2.24. The maximum absolute atomic E-state index is 12.4. The summed E-state index contributed by atoms with van der Waals surface area (Å²) in [5.74, 6) is 0. The number of sulfonamides is 1. The molecule has 1 aliphatic heterocycles. The van der Waals surface area contributed by atoms with Gasteiger partial charge in [-0.25, -0.2) is 13.1 Å². The molecule has 4 N–H and O–H groups in total. The number of ether oxygens (including phenoxy) is 1. The summed E-state index contributed by atoms with van der Waals surface area (Å²) in [6, 6.07) is 4.57. The second-order valence-electron chi connectivity index (χ2n) is 5.17. The molecule has 0 atom stereocenters. The van der Waals surface area contributed by atoms with Gasteiger partial charge in [0.1, 0.15) is 0 Å². The predicted octanol–water partition coefficient (Wildman–Crippen LogP) is 0.397. The van der Waals surface area contributed by atoms with Crippen LogP contribution in [0.2, 0.25) is 0 Å². The Balaban J connectivity index is 2.27. The zero-order valence-corrected chi connectivity index (χ0v) is 12.2. The van der Waals surface area contributed by atoms with E-state index in [1.807, 2.05) is 0 Å². The van der Waals surface area contributed by atoms with Crippen molar-refractivity contribution in [3.05, 3.63) is 23.8 Å². The maximum Gasteiger partial charge on any atom is 0.241 e. The minimum atomic E-state index is -3.69. The number of aliphatic hydroxyl groups excluding tert-OH is 1. The van der Waals surface area contributed by atoms with E-state index in [1.54, 1.807) is 13.0 Å². The molecule has 0 aliphatic carbocycles. The van der Waals surface area contributed by atoms with Crippen LogP contribution in [-0.4, -0.2) is 38.9 Å². The number of nitrogen functional groups attached to an aromatic ring is 1. The molecule has 0 amide bonds. The van der Waals surface area contributed by atoms with Gasteiger partial charge in [-0.05, 0) is 43.5 Å². The van der Waals surface area contributed by atoms with E-state index in [9.17, 15) is 13.5 Å². The van der Waals surface area contributed by atoms with E-state index in [2.05, 4.69) is 4.72 Å². The van der Waals surface area contributed by atoms with Gasteiger partial charge >= 0.3 is 0 Å². The highest BCUT2D eigenvalue weighted by molar-refractivity contribution is 7.89. The molecule has 0 saturated carbocycles. The molecule has 0 spiro atoms. The minimum absolute atomic E-state index is 0.156. The van der Waals surface area contributed by atoms with Gasteiger partial charge in [0.25, 0.3) is 0 Å². The first-order chi connectivity index (χ1) is 9.38. The number of nitrogens with two attached hydrogens (primary N) is 1. The summed E-state index contributed by atoms with van der Waals surface area (Å²) in [6.07, 6.45) is 0.910. The zero-order valence-electron chi connectivity index (χ0n) is 11.4. The molecular formula is C13H20N2O4S. The lowest BCUT2D eigenvalue weighted by Gasteiger charge is -2.35. The van der Waals surface area contributed by atoms with Crippen molar-refractivity contribution >= 4 is 15.7 Å². The van der Waals surface area contributed by atoms with Gasteiger partial charge in [0, 0.05) is 18.9 Å². The predicted molar refractivity (Wildman–Crippen MR) is 75.8 cm³/mol. The molecule has 0 bridgehead atoms. The monoisotopic (exact) mass is 300 g/mol. The highest BCUT2D eigenvalue weighted by atomic mass is 32.2. The van der Waals surface area contributed by atoms with Crippen molar-refractivity contribution in [2.45, 2.75) is 30.2 Å². The average Bonchev–Trinajstić information content (AvgIpc) is 2.42. The van der Waals surface area contributed by atoms with Crippen LogP contribution in [0.15, 0.2) is 23.1 Å². The molecule has 1 heterocycles. The van der Waals surface area contributed by atoms with Gasteiger partial charge in [-0.3, -0.25) is 0 Å². The minimum Gasteiger partial charge on any atom is -0.399 e. The quantitative estimate of drug-likeness (QED) is 0.699. The van der Waals surface area contributed by atoms with Crippen molar-refractivity contribution in [2.24, 2.45) is 0 Å². The first-order valence-electron chi connectivity index (χ1n) is 6.47. The summed E-state index contributed by atoms with van der Waals surface area (Å²) in [5, 5.41) is 9.55. The lowest BCUT2D eigenvalue weighted by molar-refractivity contribution is 0.0223. The number of aryl methyl sites for hydroxylation is 1. The number of aliphatic hydroxyl groups is 1. The SMILES string of the molecule is Cc1cc(S(=O)(=O)NC2(CO)CCOCC2)ccc1N. The van der Waals surface area contributed by atoms with E-state index in [4.69, 9.17) is 10.5 Å². The summed E-state index contributed by atoms with van der Waals surface area (Å²) in [4.78, 5) is 0.156. The van der Waals surface area contributed by atoms with Crippen molar-refractivity contribution in [3.63, 3.8) is 0 Å². The van der Waals surface area contributed by atoms with Gasteiger partial charge in [-0.15, -0.1) is 0 Å². The van der Waals surface area contributed by atoms with Crippen molar-refractivity contribution < 1.29 is 18.3 Å². The number of hydrogen-bond acceptors (Lipinski definition) is 5. The van der Waals surface area contributed by atoms with Crippen molar-refractivity contribution in [1.29, 1.82) is 0 Å². The largest absolute Gasteiger partial charge is 0.399 e. The third kappa shape index (κ3) is 3.12. The topological polar surface area (TPSA) is 102 Å². The lowest BCUT2D eigenvalue weighted by atomic mass is 9.93. The van der Waals surface area contributed by atoms with Crippen LogP contribution in [0.25, 0.3) is 0 Å². The summed E-state index contributed by atoms with van der Waals surface area (Å²) in [5.41, 5.74) is 6.11. The Morgan fingerprint density at radius 3 is 2.60 bits per heavy atom. The smallest absolute Gasteiger partial charge is 0.241 e. The van der Waals surface area contributed by atoms with E-state index in [0.29, 0.717) is 37.3 Å².